The highest BCUT2D eigenvalue weighted by Crippen LogP contribution is 2.31. The van der Waals surface area contributed by atoms with Gasteiger partial charge in [-0.25, -0.2) is 0 Å². The maximum absolute atomic E-state index is 12.7. The van der Waals surface area contributed by atoms with Crippen LogP contribution in [0.4, 0.5) is 0 Å². The Morgan fingerprint density at radius 1 is 0.882 bits per heavy atom. The van der Waals surface area contributed by atoms with Gasteiger partial charge in [0.05, 0.1) is 40.9 Å². The molecule has 2 aromatic carbocycles. The molecule has 3 rings (SSSR count). The molecule has 0 aliphatic rings. The highest BCUT2D eigenvalue weighted by molar-refractivity contribution is 5.78. The summed E-state index contributed by atoms with van der Waals surface area (Å²) in [5.74, 6) is 2.58. The van der Waals surface area contributed by atoms with Crippen LogP contribution in [0.5, 0.6) is 17.2 Å². The largest absolute Gasteiger partial charge is 0.497 e. The Balaban J connectivity index is 1.65. The summed E-state index contributed by atoms with van der Waals surface area (Å²) >= 11 is 0. The van der Waals surface area contributed by atoms with Gasteiger partial charge in [-0.15, -0.1) is 0 Å². The molecule has 180 valence electrons. The van der Waals surface area contributed by atoms with Crippen molar-refractivity contribution in [3.05, 3.63) is 65.9 Å². The van der Waals surface area contributed by atoms with E-state index in [9.17, 15) is 9.59 Å². The summed E-state index contributed by atoms with van der Waals surface area (Å²) in [5.41, 5.74) is 1.62. The van der Waals surface area contributed by atoms with Gasteiger partial charge >= 0.3 is 5.97 Å². The van der Waals surface area contributed by atoms with Crippen LogP contribution in [0.3, 0.4) is 0 Å². The van der Waals surface area contributed by atoms with Crippen LogP contribution in [0.15, 0.2) is 59.0 Å². The number of hydrogen-bond acceptors (Lipinski definition) is 7. The third-order valence-corrected chi connectivity index (χ3v) is 5.38. The summed E-state index contributed by atoms with van der Waals surface area (Å²) < 4.78 is 26.5. The Bertz CT molecular complexity index is 1100. The zero-order valence-electron chi connectivity index (χ0n) is 19.8. The number of aryl methyl sites for hydroxylation is 1. The molecular formula is C26H29NO7. The van der Waals surface area contributed by atoms with E-state index in [0.717, 1.165) is 11.3 Å². The molecule has 34 heavy (non-hydrogen) atoms. The molecule has 1 unspecified atom stereocenters. The molecule has 1 atom stereocenters. The summed E-state index contributed by atoms with van der Waals surface area (Å²) in [6.07, 6.45) is 0.597. The number of hydrogen-bond donors (Lipinski definition) is 1. The average Bonchev–Trinajstić information content (AvgIpc) is 3.35. The fourth-order valence-electron chi connectivity index (χ4n) is 3.50. The molecule has 3 aromatic rings. The summed E-state index contributed by atoms with van der Waals surface area (Å²) in [6, 6.07) is 15.9. The van der Waals surface area contributed by atoms with Crippen molar-refractivity contribution in [2.24, 2.45) is 0 Å². The number of methoxy groups -OCH3 is 4. The molecule has 0 saturated carbocycles. The van der Waals surface area contributed by atoms with Crippen LogP contribution in [0.2, 0.25) is 0 Å². The van der Waals surface area contributed by atoms with Crippen molar-refractivity contribution in [3.63, 3.8) is 0 Å². The van der Waals surface area contributed by atoms with Crippen LogP contribution in [0, 0.1) is 0 Å². The lowest BCUT2D eigenvalue weighted by Crippen LogP contribution is -2.30. The summed E-state index contributed by atoms with van der Waals surface area (Å²) in [5, 5.41) is 2.92. The molecule has 0 fully saturated rings. The maximum atomic E-state index is 12.7. The van der Waals surface area contributed by atoms with Crippen molar-refractivity contribution < 1.29 is 33.0 Å². The van der Waals surface area contributed by atoms with Gasteiger partial charge in [0.1, 0.15) is 17.3 Å². The Kier molecular flexibility index (Phi) is 8.56. The number of esters is 1. The topological polar surface area (TPSA) is 96.2 Å². The molecular weight excluding hydrogens is 438 g/mol. The van der Waals surface area contributed by atoms with Crippen molar-refractivity contribution in [1.82, 2.24) is 5.32 Å². The Morgan fingerprint density at radius 2 is 1.62 bits per heavy atom. The monoisotopic (exact) mass is 467 g/mol. The van der Waals surface area contributed by atoms with E-state index in [1.54, 1.807) is 32.4 Å². The van der Waals surface area contributed by atoms with E-state index in [4.69, 9.17) is 23.4 Å². The minimum atomic E-state index is -0.578. The van der Waals surface area contributed by atoms with E-state index in [1.165, 1.54) is 14.2 Å². The highest BCUT2D eigenvalue weighted by Gasteiger charge is 2.21. The van der Waals surface area contributed by atoms with Gasteiger partial charge in [0.15, 0.2) is 11.5 Å². The van der Waals surface area contributed by atoms with Crippen molar-refractivity contribution >= 4 is 11.9 Å². The van der Waals surface area contributed by atoms with Crippen molar-refractivity contribution in [1.29, 1.82) is 0 Å². The average molecular weight is 468 g/mol. The van der Waals surface area contributed by atoms with Crippen molar-refractivity contribution in [2.75, 3.05) is 28.4 Å². The first kappa shape index (κ1) is 24.7. The third-order valence-electron chi connectivity index (χ3n) is 5.38. The first-order valence-corrected chi connectivity index (χ1v) is 10.8. The van der Waals surface area contributed by atoms with Crippen LogP contribution in [0.1, 0.15) is 30.2 Å². The van der Waals surface area contributed by atoms with E-state index in [-0.39, 0.29) is 18.7 Å². The van der Waals surface area contributed by atoms with Crippen LogP contribution in [0.25, 0.3) is 11.3 Å². The summed E-state index contributed by atoms with van der Waals surface area (Å²) in [4.78, 5) is 24.7. The molecule has 0 spiro atoms. The minimum absolute atomic E-state index is 0.0138. The fraction of sp³-hybridized carbons (Fsp3) is 0.308. The molecule has 0 saturated heterocycles. The minimum Gasteiger partial charge on any atom is -0.497 e. The third kappa shape index (κ3) is 6.31. The number of carbonyl (C=O) groups excluding carboxylic acids is 2. The Morgan fingerprint density at radius 3 is 2.26 bits per heavy atom. The first-order chi connectivity index (χ1) is 16.5. The molecule has 1 N–H and O–H groups in total. The molecule has 0 aliphatic heterocycles. The maximum Gasteiger partial charge on any atom is 0.307 e. The SMILES string of the molecule is COC(=O)CC(NC(=O)CCc1ccc(-c2ccc(OC)cc2)o1)c1ccc(OC)c(OC)c1. The van der Waals surface area contributed by atoms with Crippen LogP contribution in [-0.2, 0) is 20.7 Å². The van der Waals surface area contributed by atoms with Crippen LogP contribution < -0.4 is 19.5 Å². The zero-order valence-corrected chi connectivity index (χ0v) is 19.8. The predicted molar refractivity (Wildman–Crippen MR) is 126 cm³/mol. The number of carbonyl (C=O) groups is 2. The number of nitrogens with one attached hydrogen (secondary N) is 1. The lowest BCUT2D eigenvalue weighted by atomic mass is 10.0. The second-order valence-corrected chi connectivity index (χ2v) is 7.51. The molecule has 8 nitrogen and oxygen atoms in total. The first-order valence-electron chi connectivity index (χ1n) is 10.8. The second kappa shape index (κ2) is 11.8. The molecule has 1 aromatic heterocycles. The van der Waals surface area contributed by atoms with Crippen LogP contribution >= 0.6 is 0 Å². The van der Waals surface area contributed by atoms with E-state index in [2.05, 4.69) is 5.32 Å². The Labute approximate surface area is 198 Å². The van der Waals surface area contributed by atoms with Crippen molar-refractivity contribution in [3.8, 4) is 28.6 Å². The van der Waals surface area contributed by atoms with E-state index < -0.39 is 12.0 Å². The quantitative estimate of drug-likeness (QED) is 0.420. The molecule has 0 bridgehead atoms. The summed E-state index contributed by atoms with van der Waals surface area (Å²) in [7, 11) is 6.00. The zero-order chi connectivity index (χ0) is 24.5. The number of rotatable bonds is 11. The van der Waals surface area contributed by atoms with Gasteiger partial charge in [0.2, 0.25) is 5.91 Å². The number of benzene rings is 2. The summed E-state index contributed by atoms with van der Waals surface area (Å²) in [6.45, 7) is 0. The normalized spacial score (nSPS) is 11.4. The molecule has 0 aliphatic carbocycles. The lowest BCUT2D eigenvalue weighted by Gasteiger charge is -2.19. The number of ether oxygens (including phenoxy) is 4. The van der Waals surface area contributed by atoms with Gasteiger partial charge in [-0.05, 0) is 54.1 Å². The van der Waals surface area contributed by atoms with Gasteiger partial charge in [-0.3, -0.25) is 9.59 Å². The van der Waals surface area contributed by atoms with E-state index in [0.29, 0.717) is 35.0 Å². The lowest BCUT2D eigenvalue weighted by molar-refractivity contribution is -0.141. The van der Waals surface area contributed by atoms with E-state index in [1.807, 2.05) is 36.4 Å². The number of amides is 1. The van der Waals surface area contributed by atoms with E-state index >= 15 is 0 Å². The van der Waals surface area contributed by atoms with Gasteiger partial charge in [0.25, 0.3) is 0 Å². The predicted octanol–water partition coefficient (Wildman–Crippen LogP) is 4.33. The van der Waals surface area contributed by atoms with Gasteiger partial charge in [-0.2, -0.15) is 0 Å². The highest BCUT2D eigenvalue weighted by atomic mass is 16.5. The van der Waals surface area contributed by atoms with Crippen molar-refractivity contribution in [2.45, 2.75) is 25.3 Å². The standard InChI is InChI=1S/C26H29NO7/c1-30-19-8-5-17(6-9-19)22-13-10-20(34-22)11-14-25(28)27-21(16-26(29)33-4)18-7-12-23(31-2)24(15-18)32-3/h5-10,12-13,15,21H,11,14,16H2,1-4H3,(H,27,28). The fourth-order valence-corrected chi connectivity index (χ4v) is 3.50. The number of furan rings is 1. The smallest absolute Gasteiger partial charge is 0.307 e. The van der Waals surface area contributed by atoms with Crippen LogP contribution in [-0.4, -0.2) is 40.3 Å². The second-order valence-electron chi connectivity index (χ2n) is 7.51. The van der Waals surface area contributed by atoms with Gasteiger partial charge in [0, 0.05) is 18.4 Å². The molecule has 1 heterocycles. The van der Waals surface area contributed by atoms with Gasteiger partial charge in [-0.1, -0.05) is 6.07 Å². The molecule has 8 heteroatoms. The molecule has 0 radical (unpaired) electrons. The Hall–Kier alpha value is -3.94. The molecule has 1 amide bonds. The van der Waals surface area contributed by atoms with Gasteiger partial charge < -0.3 is 28.7 Å².